The number of hydrogen-bond donors (Lipinski definition) is 2. The average Bonchev–Trinajstić information content (AvgIpc) is 2.03. The van der Waals surface area contributed by atoms with Crippen LogP contribution in [0.5, 0.6) is 0 Å². The lowest BCUT2D eigenvalue weighted by Gasteiger charge is -2.49. The van der Waals surface area contributed by atoms with Gasteiger partial charge in [-0.3, -0.25) is 0 Å². The van der Waals surface area contributed by atoms with E-state index in [1.54, 1.807) is 14.1 Å². The summed E-state index contributed by atoms with van der Waals surface area (Å²) in [5, 5.41) is 12.3. The minimum Gasteiger partial charge on any atom is -0.392 e. The summed E-state index contributed by atoms with van der Waals surface area (Å²) in [7, 11) is 3.41. The molecule has 0 spiro atoms. The second-order valence-corrected chi connectivity index (χ2v) is 4.47. The third-order valence-electron chi connectivity index (χ3n) is 2.92. The molecule has 0 aliphatic heterocycles. The van der Waals surface area contributed by atoms with Crippen LogP contribution in [0.15, 0.2) is 0 Å². The molecule has 0 heterocycles. The van der Waals surface area contributed by atoms with Crippen molar-refractivity contribution in [3.05, 3.63) is 0 Å². The number of nitrogens with one attached hydrogen (secondary N) is 1. The van der Waals surface area contributed by atoms with Gasteiger partial charge in [-0.2, -0.15) is 0 Å². The average molecular weight is 186 g/mol. The zero-order valence-corrected chi connectivity index (χ0v) is 8.66. The van der Waals surface area contributed by atoms with Crippen LogP contribution in [0.1, 0.15) is 20.3 Å². The Morgan fingerprint density at radius 2 is 2.08 bits per heavy atom. The molecule has 4 heteroatoms. The number of hydrogen-bond acceptors (Lipinski definition) is 2. The zero-order chi connectivity index (χ0) is 10.2. The summed E-state index contributed by atoms with van der Waals surface area (Å²) in [6.07, 6.45) is 0.368. The quantitative estimate of drug-likeness (QED) is 0.623. The topological polar surface area (TPSA) is 52.6 Å². The predicted octanol–water partition coefficient (Wildman–Crippen LogP) is 0.417. The van der Waals surface area contributed by atoms with Gasteiger partial charge in [0.1, 0.15) is 0 Å². The third kappa shape index (κ3) is 1.77. The van der Waals surface area contributed by atoms with Gasteiger partial charge >= 0.3 is 6.03 Å². The second-order valence-electron chi connectivity index (χ2n) is 4.47. The highest BCUT2D eigenvalue weighted by Crippen LogP contribution is 2.40. The standard InChI is InChI=1S/C9H18N2O2/c1-9(2)6(5-7(9)12)10-8(13)11(3)4/h6-7,12H,5H2,1-4H3,(H,10,13). The van der Waals surface area contributed by atoms with Crippen molar-refractivity contribution in [2.45, 2.75) is 32.4 Å². The molecule has 0 aromatic carbocycles. The van der Waals surface area contributed by atoms with Crippen molar-refractivity contribution in [3.8, 4) is 0 Å². The number of aliphatic hydroxyl groups is 1. The second kappa shape index (κ2) is 3.18. The summed E-state index contributed by atoms with van der Waals surface area (Å²) < 4.78 is 0. The molecule has 76 valence electrons. The molecule has 1 aliphatic carbocycles. The van der Waals surface area contributed by atoms with Crippen molar-refractivity contribution in [3.63, 3.8) is 0 Å². The van der Waals surface area contributed by atoms with E-state index < -0.39 is 0 Å². The van der Waals surface area contributed by atoms with Crippen molar-refractivity contribution in [2.75, 3.05) is 14.1 Å². The van der Waals surface area contributed by atoms with Crippen molar-refractivity contribution in [1.82, 2.24) is 10.2 Å². The van der Waals surface area contributed by atoms with Crippen LogP contribution in [0.4, 0.5) is 4.79 Å². The maximum atomic E-state index is 11.3. The summed E-state index contributed by atoms with van der Waals surface area (Å²) in [4.78, 5) is 12.8. The van der Waals surface area contributed by atoms with Crippen molar-refractivity contribution < 1.29 is 9.90 Å². The molecule has 1 saturated carbocycles. The maximum Gasteiger partial charge on any atom is 0.317 e. The first-order chi connectivity index (χ1) is 5.85. The molecule has 13 heavy (non-hydrogen) atoms. The SMILES string of the molecule is CN(C)C(=O)NC1CC(O)C1(C)C. The monoisotopic (exact) mass is 186 g/mol. The Bertz CT molecular complexity index is 214. The highest BCUT2D eigenvalue weighted by atomic mass is 16.3. The summed E-state index contributed by atoms with van der Waals surface area (Å²) >= 11 is 0. The third-order valence-corrected chi connectivity index (χ3v) is 2.92. The number of carbonyl (C=O) groups excluding carboxylic acids is 1. The highest BCUT2D eigenvalue weighted by Gasteiger charge is 2.48. The molecule has 1 aliphatic rings. The van der Waals surface area contributed by atoms with Crippen LogP contribution < -0.4 is 5.32 Å². The predicted molar refractivity (Wildman–Crippen MR) is 50.4 cm³/mol. The van der Waals surface area contributed by atoms with Crippen molar-refractivity contribution in [2.24, 2.45) is 5.41 Å². The molecule has 2 amide bonds. The fourth-order valence-corrected chi connectivity index (χ4v) is 1.43. The highest BCUT2D eigenvalue weighted by molar-refractivity contribution is 5.74. The van der Waals surface area contributed by atoms with Crippen molar-refractivity contribution in [1.29, 1.82) is 0 Å². The van der Waals surface area contributed by atoms with Crippen LogP contribution in [-0.2, 0) is 0 Å². The first-order valence-corrected chi connectivity index (χ1v) is 4.51. The zero-order valence-electron chi connectivity index (χ0n) is 8.66. The molecule has 2 N–H and O–H groups in total. The molecule has 1 rings (SSSR count). The molecule has 0 aromatic heterocycles. The first-order valence-electron chi connectivity index (χ1n) is 4.51. The van der Waals surface area contributed by atoms with Gasteiger partial charge in [0.05, 0.1) is 6.10 Å². The van der Waals surface area contributed by atoms with E-state index in [1.165, 1.54) is 4.90 Å². The van der Waals surface area contributed by atoms with E-state index in [0.717, 1.165) is 0 Å². The lowest BCUT2D eigenvalue weighted by Crippen LogP contribution is -2.62. The van der Waals surface area contributed by atoms with Crippen LogP contribution in [-0.4, -0.2) is 42.3 Å². The van der Waals surface area contributed by atoms with Gasteiger partial charge in [0.25, 0.3) is 0 Å². The van der Waals surface area contributed by atoms with Gasteiger partial charge in [-0.1, -0.05) is 13.8 Å². The number of nitrogens with zero attached hydrogens (tertiary/aromatic N) is 1. The van der Waals surface area contributed by atoms with E-state index in [1.807, 2.05) is 13.8 Å². The number of rotatable bonds is 1. The Morgan fingerprint density at radius 1 is 1.54 bits per heavy atom. The van der Waals surface area contributed by atoms with Gasteiger partial charge in [-0.15, -0.1) is 0 Å². The van der Waals surface area contributed by atoms with Gasteiger partial charge in [-0.05, 0) is 6.42 Å². The Balaban J connectivity index is 2.45. The number of carbonyl (C=O) groups is 1. The minimum atomic E-state index is -0.292. The lowest BCUT2D eigenvalue weighted by molar-refractivity contribution is -0.0686. The fourth-order valence-electron chi connectivity index (χ4n) is 1.43. The summed E-state index contributed by atoms with van der Waals surface area (Å²) in [6.45, 7) is 3.92. The summed E-state index contributed by atoms with van der Waals surface area (Å²) in [5.74, 6) is 0. The Labute approximate surface area is 78.9 Å². The molecule has 0 bridgehead atoms. The molecule has 2 atom stereocenters. The number of amides is 2. The Hall–Kier alpha value is -0.770. The molecule has 0 aromatic rings. The van der Waals surface area contributed by atoms with E-state index in [-0.39, 0.29) is 23.6 Å². The van der Waals surface area contributed by atoms with E-state index >= 15 is 0 Å². The Kier molecular flexibility index (Phi) is 2.52. The number of urea groups is 1. The van der Waals surface area contributed by atoms with Crippen LogP contribution >= 0.6 is 0 Å². The molecule has 2 unspecified atom stereocenters. The maximum absolute atomic E-state index is 11.3. The first kappa shape index (κ1) is 10.3. The van der Waals surface area contributed by atoms with Crippen LogP contribution in [0.25, 0.3) is 0 Å². The van der Waals surface area contributed by atoms with Crippen LogP contribution in [0, 0.1) is 5.41 Å². The molecule has 0 radical (unpaired) electrons. The van der Waals surface area contributed by atoms with Crippen molar-refractivity contribution >= 4 is 6.03 Å². The normalized spacial score (nSPS) is 30.5. The van der Waals surface area contributed by atoms with Gasteiger partial charge in [0.2, 0.25) is 0 Å². The molecule has 4 nitrogen and oxygen atoms in total. The lowest BCUT2D eigenvalue weighted by atomic mass is 9.65. The van der Waals surface area contributed by atoms with E-state index in [2.05, 4.69) is 5.32 Å². The fraction of sp³-hybridized carbons (Fsp3) is 0.889. The summed E-state index contributed by atoms with van der Waals surface area (Å²) in [6, 6.07) is 0.00220. The van der Waals surface area contributed by atoms with E-state index in [0.29, 0.717) is 6.42 Å². The molecule has 1 fully saturated rings. The van der Waals surface area contributed by atoms with Gasteiger partial charge < -0.3 is 15.3 Å². The Morgan fingerprint density at radius 3 is 2.38 bits per heavy atom. The number of aliphatic hydroxyl groups excluding tert-OH is 1. The molecule has 0 saturated heterocycles. The summed E-state index contributed by atoms with van der Waals surface area (Å²) in [5.41, 5.74) is -0.189. The van der Waals surface area contributed by atoms with Gasteiger partial charge in [0, 0.05) is 25.6 Å². The van der Waals surface area contributed by atoms with E-state index in [9.17, 15) is 9.90 Å². The van der Waals surface area contributed by atoms with E-state index in [4.69, 9.17) is 0 Å². The molecular formula is C9H18N2O2. The van der Waals surface area contributed by atoms with Gasteiger partial charge in [0.15, 0.2) is 0 Å². The van der Waals surface area contributed by atoms with Crippen LogP contribution in [0.3, 0.4) is 0 Å². The largest absolute Gasteiger partial charge is 0.392 e. The van der Waals surface area contributed by atoms with Crippen LogP contribution in [0.2, 0.25) is 0 Å². The smallest absolute Gasteiger partial charge is 0.317 e. The molecular weight excluding hydrogens is 168 g/mol. The van der Waals surface area contributed by atoms with Gasteiger partial charge in [-0.25, -0.2) is 4.79 Å². The minimum absolute atomic E-state index is 0.0926.